The van der Waals surface area contributed by atoms with Gasteiger partial charge < -0.3 is 4.90 Å². The van der Waals surface area contributed by atoms with Crippen molar-refractivity contribution in [1.29, 1.82) is 0 Å². The molecule has 1 aromatic carbocycles. The normalized spacial score (nSPS) is 13.8. The molecule has 0 spiro atoms. The molecule has 1 aliphatic carbocycles. The van der Waals surface area contributed by atoms with Crippen LogP contribution in [0.3, 0.4) is 0 Å². The van der Waals surface area contributed by atoms with Crippen molar-refractivity contribution in [2.45, 2.75) is 25.4 Å². The summed E-state index contributed by atoms with van der Waals surface area (Å²) in [5.74, 6) is -0.215. The van der Waals surface area contributed by atoms with E-state index >= 15 is 0 Å². The summed E-state index contributed by atoms with van der Waals surface area (Å²) in [6.07, 6.45) is 9.18. The molecule has 5 heteroatoms. The minimum Gasteiger partial charge on any atom is -0.332 e. The van der Waals surface area contributed by atoms with E-state index < -0.39 is 0 Å². The Kier molecular flexibility index (Phi) is 5.12. The lowest BCUT2D eigenvalue weighted by Gasteiger charge is -2.20. The van der Waals surface area contributed by atoms with Crippen LogP contribution in [-0.2, 0) is 11.3 Å². The van der Waals surface area contributed by atoms with Crippen molar-refractivity contribution in [3.8, 4) is 10.4 Å². The van der Waals surface area contributed by atoms with Crippen molar-refractivity contribution >= 4 is 23.3 Å². The van der Waals surface area contributed by atoms with E-state index in [1.54, 1.807) is 41.9 Å². The van der Waals surface area contributed by atoms with Crippen LogP contribution in [-0.4, -0.2) is 21.8 Å². The molecule has 3 nitrogen and oxygen atoms in total. The molecule has 0 saturated heterocycles. The number of hydrogen-bond acceptors (Lipinski definition) is 3. The minimum atomic E-state index is -0.241. The third-order valence-corrected chi connectivity index (χ3v) is 5.59. The van der Waals surface area contributed by atoms with E-state index in [1.165, 1.54) is 12.1 Å². The number of carbonyl (C=O) groups is 1. The van der Waals surface area contributed by atoms with Gasteiger partial charge in [-0.3, -0.25) is 9.78 Å². The van der Waals surface area contributed by atoms with Gasteiger partial charge in [-0.15, -0.1) is 11.3 Å². The van der Waals surface area contributed by atoms with Crippen LogP contribution in [0.2, 0.25) is 0 Å². The van der Waals surface area contributed by atoms with Crippen LogP contribution in [0, 0.1) is 5.82 Å². The Hall–Kier alpha value is -2.79. The van der Waals surface area contributed by atoms with E-state index in [0.717, 1.165) is 33.7 Å². The van der Waals surface area contributed by atoms with Gasteiger partial charge in [0.25, 0.3) is 0 Å². The van der Waals surface area contributed by atoms with Gasteiger partial charge >= 0.3 is 0 Å². The summed E-state index contributed by atoms with van der Waals surface area (Å²) in [7, 11) is 0. The van der Waals surface area contributed by atoms with Crippen LogP contribution >= 0.6 is 11.3 Å². The highest BCUT2D eigenvalue weighted by atomic mass is 32.1. The molecule has 0 unspecified atom stereocenters. The summed E-state index contributed by atoms with van der Waals surface area (Å²) in [6.45, 7) is 0.590. The summed E-state index contributed by atoms with van der Waals surface area (Å²) >= 11 is 1.58. The molecule has 0 aliphatic heterocycles. The molecule has 0 radical (unpaired) electrons. The summed E-state index contributed by atoms with van der Waals surface area (Å²) in [5.41, 5.74) is 2.02. The average Bonchev–Trinajstić information content (AvgIpc) is 3.43. The molecule has 3 aromatic rings. The van der Waals surface area contributed by atoms with Gasteiger partial charge in [-0.2, -0.15) is 0 Å². The number of benzene rings is 1. The fourth-order valence-electron chi connectivity index (χ4n) is 2.92. The van der Waals surface area contributed by atoms with E-state index in [2.05, 4.69) is 4.98 Å². The van der Waals surface area contributed by atoms with Gasteiger partial charge in [0, 0.05) is 40.8 Å². The number of aromatic nitrogens is 1. The van der Waals surface area contributed by atoms with E-state index in [0.29, 0.717) is 12.6 Å². The summed E-state index contributed by atoms with van der Waals surface area (Å²) in [4.78, 5) is 20.8. The third-order valence-electron chi connectivity index (χ3n) is 4.49. The predicted molar refractivity (Wildman–Crippen MR) is 107 cm³/mol. The Morgan fingerprint density at radius 3 is 2.70 bits per heavy atom. The number of halogens is 1. The fourth-order valence-corrected chi connectivity index (χ4v) is 3.84. The quantitative estimate of drug-likeness (QED) is 0.556. The van der Waals surface area contributed by atoms with Gasteiger partial charge in [-0.05, 0) is 60.4 Å². The molecule has 1 aliphatic rings. The summed E-state index contributed by atoms with van der Waals surface area (Å²) < 4.78 is 13.1. The van der Waals surface area contributed by atoms with Crippen LogP contribution in [0.1, 0.15) is 23.3 Å². The van der Waals surface area contributed by atoms with Crippen LogP contribution in [0.15, 0.2) is 67.0 Å². The summed E-state index contributed by atoms with van der Waals surface area (Å²) in [5, 5.41) is 0. The maximum Gasteiger partial charge on any atom is 0.247 e. The number of hydrogen-bond donors (Lipinski definition) is 0. The first kappa shape index (κ1) is 17.6. The lowest BCUT2D eigenvalue weighted by atomic mass is 10.2. The lowest BCUT2D eigenvalue weighted by Crippen LogP contribution is -2.31. The zero-order chi connectivity index (χ0) is 18.6. The zero-order valence-electron chi connectivity index (χ0n) is 14.7. The number of amides is 1. The molecule has 136 valence electrons. The number of rotatable bonds is 6. The molecular weight excluding hydrogens is 359 g/mol. The molecule has 1 fully saturated rings. The largest absolute Gasteiger partial charge is 0.332 e. The highest BCUT2D eigenvalue weighted by Crippen LogP contribution is 2.30. The maximum absolute atomic E-state index is 13.1. The first-order chi connectivity index (χ1) is 13.2. The third kappa shape index (κ3) is 4.49. The molecule has 4 rings (SSSR count). The standard InChI is InChI=1S/C22H19FN2OS/c23-18-5-3-17(4-6-18)21-11-9-20(27-21)10-12-22(26)25(19-7-8-19)15-16-2-1-13-24-14-16/h1-6,9-14,19H,7-8,15H2/b12-10+. The van der Waals surface area contributed by atoms with Crippen molar-refractivity contribution in [3.63, 3.8) is 0 Å². The molecule has 0 N–H and O–H groups in total. The second-order valence-electron chi connectivity index (χ2n) is 6.60. The summed E-state index contributed by atoms with van der Waals surface area (Å²) in [6, 6.07) is 14.6. The fraction of sp³-hybridized carbons (Fsp3) is 0.182. The lowest BCUT2D eigenvalue weighted by molar-refractivity contribution is -0.127. The monoisotopic (exact) mass is 378 g/mol. The van der Waals surface area contributed by atoms with Gasteiger partial charge in [-0.25, -0.2) is 4.39 Å². The Morgan fingerprint density at radius 2 is 2.00 bits per heavy atom. The van der Waals surface area contributed by atoms with Crippen molar-refractivity contribution in [3.05, 3.63) is 83.3 Å². The Morgan fingerprint density at radius 1 is 1.19 bits per heavy atom. The minimum absolute atomic E-state index is 0.0260. The highest BCUT2D eigenvalue weighted by molar-refractivity contribution is 7.16. The second-order valence-corrected chi connectivity index (χ2v) is 7.72. The molecule has 0 bridgehead atoms. The first-order valence-corrected chi connectivity index (χ1v) is 9.74. The van der Waals surface area contributed by atoms with E-state index in [-0.39, 0.29) is 11.7 Å². The van der Waals surface area contributed by atoms with E-state index in [4.69, 9.17) is 0 Å². The van der Waals surface area contributed by atoms with Crippen molar-refractivity contribution in [2.24, 2.45) is 0 Å². The average molecular weight is 378 g/mol. The van der Waals surface area contributed by atoms with Gasteiger partial charge in [0.1, 0.15) is 5.82 Å². The molecule has 27 heavy (non-hydrogen) atoms. The number of carbonyl (C=O) groups excluding carboxylic acids is 1. The predicted octanol–water partition coefficient (Wildman–Crippen LogP) is 5.15. The van der Waals surface area contributed by atoms with Crippen LogP contribution < -0.4 is 0 Å². The van der Waals surface area contributed by atoms with Gasteiger partial charge in [-0.1, -0.05) is 18.2 Å². The second kappa shape index (κ2) is 7.84. The zero-order valence-corrected chi connectivity index (χ0v) is 15.5. The van der Waals surface area contributed by atoms with Gasteiger partial charge in [0.15, 0.2) is 0 Å². The first-order valence-electron chi connectivity index (χ1n) is 8.92. The van der Waals surface area contributed by atoms with E-state index in [9.17, 15) is 9.18 Å². The van der Waals surface area contributed by atoms with Crippen molar-refractivity contribution in [2.75, 3.05) is 0 Å². The van der Waals surface area contributed by atoms with Crippen LogP contribution in [0.25, 0.3) is 16.5 Å². The maximum atomic E-state index is 13.1. The van der Waals surface area contributed by atoms with Crippen LogP contribution in [0.5, 0.6) is 0 Å². The van der Waals surface area contributed by atoms with Gasteiger partial charge in [0.2, 0.25) is 5.91 Å². The topological polar surface area (TPSA) is 33.2 Å². The van der Waals surface area contributed by atoms with E-state index in [1.807, 2.05) is 35.2 Å². The van der Waals surface area contributed by atoms with Crippen molar-refractivity contribution < 1.29 is 9.18 Å². The molecule has 1 saturated carbocycles. The van der Waals surface area contributed by atoms with Crippen LogP contribution in [0.4, 0.5) is 4.39 Å². The van der Waals surface area contributed by atoms with Crippen molar-refractivity contribution in [1.82, 2.24) is 9.88 Å². The Balaban J connectivity index is 1.45. The molecule has 0 atom stereocenters. The smallest absolute Gasteiger partial charge is 0.247 e. The number of pyridine rings is 1. The van der Waals surface area contributed by atoms with Gasteiger partial charge in [0.05, 0.1) is 0 Å². The molecule has 2 aromatic heterocycles. The highest BCUT2D eigenvalue weighted by Gasteiger charge is 2.31. The number of thiophene rings is 1. The Labute approximate surface area is 161 Å². The SMILES string of the molecule is O=C(/C=C/c1ccc(-c2ccc(F)cc2)s1)N(Cc1cccnc1)C1CC1. The molecule has 1 amide bonds. The molecule has 2 heterocycles. The Bertz CT molecular complexity index is 946. The number of nitrogens with zero attached hydrogens (tertiary/aromatic N) is 2. The molecular formula is C22H19FN2OS.